The van der Waals surface area contributed by atoms with Crippen molar-refractivity contribution in [3.63, 3.8) is 0 Å². The number of amides is 1. The van der Waals surface area contributed by atoms with Crippen molar-refractivity contribution in [3.8, 4) is 0 Å². The number of rotatable bonds is 2. The summed E-state index contributed by atoms with van der Waals surface area (Å²) in [6.45, 7) is 8.65. The molecule has 0 aromatic rings. The summed E-state index contributed by atoms with van der Waals surface area (Å²) >= 11 is 0. The van der Waals surface area contributed by atoms with Gasteiger partial charge in [0.1, 0.15) is 0 Å². The van der Waals surface area contributed by atoms with Crippen molar-refractivity contribution in [3.05, 3.63) is 0 Å². The number of carbonyl (C=O) groups excluding carboxylic acids is 1. The molecule has 0 bridgehead atoms. The zero-order valence-electron chi connectivity index (χ0n) is 13.6. The van der Waals surface area contributed by atoms with Crippen LogP contribution in [0.1, 0.15) is 51.9 Å². The topological polar surface area (TPSA) is 35.6 Å². The Hall–Kier alpha value is -0.610. The number of hydrogen-bond acceptors (Lipinski definition) is 3. The van der Waals surface area contributed by atoms with Crippen LogP contribution in [0.25, 0.3) is 0 Å². The van der Waals surface area contributed by atoms with Crippen LogP contribution >= 0.6 is 0 Å². The average Bonchev–Trinajstić information content (AvgIpc) is 2.75. The Morgan fingerprint density at radius 2 is 1.67 bits per heavy atom. The minimum atomic E-state index is 0.0809. The molecule has 1 unspecified atom stereocenters. The fourth-order valence-electron chi connectivity index (χ4n) is 4.38. The van der Waals surface area contributed by atoms with E-state index in [1.54, 1.807) is 0 Å². The first kappa shape index (κ1) is 15.3. The Labute approximate surface area is 129 Å². The van der Waals surface area contributed by atoms with E-state index in [0.717, 1.165) is 39.3 Å². The zero-order valence-corrected chi connectivity index (χ0v) is 13.6. The number of nitrogens with zero attached hydrogens (tertiary/aromatic N) is 2. The van der Waals surface area contributed by atoms with Gasteiger partial charge in [-0.3, -0.25) is 9.69 Å². The van der Waals surface area contributed by atoms with Crippen LogP contribution in [0.5, 0.6) is 0 Å². The SMILES string of the molecule is CC(C(=O)N1CCCCCC1)N1CCC2(CCNCC2)C1. The maximum Gasteiger partial charge on any atom is 0.239 e. The maximum atomic E-state index is 12.8. The lowest BCUT2D eigenvalue weighted by Crippen LogP contribution is -2.48. The van der Waals surface area contributed by atoms with Crippen molar-refractivity contribution in [2.45, 2.75) is 57.9 Å². The molecule has 120 valence electrons. The van der Waals surface area contributed by atoms with Gasteiger partial charge in [0.2, 0.25) is 5.91 Å². The van der Waals surface area contributed by atoms with Crippen LogP contribution in [-0.4, -0.2) is 61.0 Å². The van der Waals surface area contributed by atoms with E-state index < -0.39 is 0 Å². The summed E-state index contributed by atoms with van der Waals surface area (Å²) in [5.74, 6) is 0.378. The quantitative estimate of drug-likeness (QED) is 0.844. The molecule has 3 saturated heterocycles. The van der Waals surface area contributed by atoms with E-state index in [9.17, 15) is 4.79 Å². The van der Waals surface area contributed by atoms with Crippen molar-refractivity contribution in [2.24, 2.45) is 5.41 Å². The van der Waals surface area contributed by atoms with Gasteiger partial charge in [-0.1, -0.05) is 12.8 Å². The summed E-state index contributed by atoms with van der Waals surface area (Å²) in [6, 6.07) is 0.0809. The fourth-order valence-corrected chi connectivity index (χ4v) is 4.38. The summed E-state index contributed by atoms with van der Waals surface area (Å²) in [5.41, 5.74) is 0.499. The highest BCUT2D eigenvalue weighted by Crippen LogP contribution is 2.39. The maximum absolute atomic E-state index is 12.8. The highest BCUT2D eigenvalue weighted by atomic mass is 16.2. The van der Waals surface area contributed by atoms with E-state index in [0.29, 0.717) is 11.3 Å². The standard InChI is InChI=1S/C17H31N3O/c1-15(16(21)19-11-4-2-3-5-12-19)20-13-8-17(14-20)6-9-18-10-7-17/h15,18H,2-14H2,1H3. The second kappa shape index (κ2) is 6.66. The zero-order chi connectivity index (χ0) is 14.7. The predicted molar refractivity (Wildman–Crippen MR) is 85.2 cm³/mol. The van der Waals surface area contributed by atoms with E-state index in [-0.39, 0.29) is 6.04 Å². The van der Waals surface area contributed by atoms with E-state index >= 15 is 0 Å². The first-order valence-corrected chi connectivity index (χ1v) is 8.94. The Bertz CT molecular complexity index is 357. The van der Waals surface area contributed by atoms with Crippen LogP contribution in [0.15, 0.2) is 0 Å². The molecule has 0 aliphatic carbocycles. The number of hydrogen-bond donors (Lipinski definition) is 1. The average molecular weight is 293 g/mol. The summed E-state index contributed by atoms with van der Waals surface area (Å²) in [7, 11) is 0. The van der Waals surface area contributed by atoms with Crippen LogP contribution in [-0.2, 0) is 4.79 Å². The van der Waals surface area contributed by atoms with Gasteiger partial charge in [-0.25, -0.2) is 0 Å². The molecule has 3 aliphatic heterocycles. The Morgan fingerprint density at radius 1 is 1.00 bits per heavy atom. The second-order valence-corrected chi connectivity index (χ2v) is 7.39. The van der Waals surface area contributed by atoms with Crippen molar-refractivity contribution in [1.29, 1.82) is 0 Å². The monoisotopic (exact) mass is 293 g/mol. The molecule has 1 N–H and O–H groups in total. The lowest BCUT2D eigenvalue weighted by atomic mass is 9.78. The second-order valence-electron chi connectivity index (χ2n) is 7.39. The van der Waals surface area contributed by atoms with Crippen LogP contribution < -0.4 is 5.32 Å². The van der Waals surface area contributed by atoms with Crippen molar-refractivity contribution in [1.82, 2.24) is 15.1 Å². The summed E-state index contributed by atoms with van der Waals surface area (Å²) in [5, 5.41) is 3.47. The molecule has 1 spiro atoms. The number of nitrogens with one attached hydrogen (secondary N) is 1. The van der Waals surface area contributed by atoms with Crippen molar-refractivity contribution < 1.29 is 4.79 Å². The molecule has 3 aliphatic rings. The number of carbonyl (C=O) groups is 1. The lowest BCUT2D eigenvalue weighted by Gasteiger charge is -2.35. The molecule has 0 aromatic carbocycles. The predicted octanol–water partition coefficient (Wildman–Crippen LogP) is 1.85. The third kappa shape index (κ3) is 3.42. The van der Waals surface area contributed by atoms with Crippen LogP contribution in [0, 0.1) is 5.41 Å². The minimum Gasteiger partial charge on any atom is -0.341 e. The number of likely N-dealkylation sites (tertiary alicyclic amines) is 2. The van der Waals surface area contributed by atoms with Gasteiger partial charge in [0.25, 0.3) is 0 Å². The summed E-state index contributed by atoms with van der Waals surface area (Å²) in [6.07, 6.45) is 8.81. The molecule has 0 aromatic heterocycles. The van der Waals surface area contributed by atoms with Gasteiger partial charge >= 0.3 is 0 Å². The molecule has 3 rings (SSSR count). The highest BCUT2D eigenvalue weighted by molar-refractivity contribution is 5.81. The number of piperidine rings is 1. The van der Waals surface area contributed by atoms with Crippen molar-refractivity contribution >= 4 is 5.91 Å². The molecule has 0 radical (unpaired) electrons. The molecule has 3 heterocycles. The van der Waals surface area contributed by atoms with Crippen molar-refractivity contribution in [2.75, 3.05) is 39.3 Å². The fraction of sp³-hybridized carbons (Fsp3) is 0.941. The van der Waals surface area contributed by atoms with Gasteiger partial charge in [0, 0.05) is 19.6 Å². The third-order valence-corrected chi connectivity index (χ3v) is 5.95. The Morgan fingerprint density at radius 3 is 2.33 bits per heavy atom. The minimum absolute atomic E-state index is 0.0809. The molecular weight excluding hydrogens is 262 g/mol. The van der Waals surface area contributed by atoms with E-state index in [1.807, 2.05) is 0 Å². The van der Waals surface area contributed by atoms with E-state index in [4.69, 9.17) is 0 Å². The Kier molecular flexibility index (Phi) is 4.85. The molecule has 4 heteroatoms. The van der Waals surface area contributed by atoms with Crippen LogP contribution in [0.2, 0.25) is 0 Å². The molecule has 3 fully saturated rings. The van der Waals surface area contributed by atoms with E-state index in [1.165, 1.54) is 44.9 Å². The molecular formula is C17H31N3O. The van der Waals surface area contributed by atoms with Gasteiger partial charge < -0.3 is 10.2 Å². The van der Waals surface area contributed by atoms with Gasteiger partial charge in [0.15, 0.2) is 0 Å². The lowest BCUT2D eigenvalue weighted by molar-refractivity contribution is -0.136. The largest absolute Gasteiger partial charge is 0.341 e. The molecule has 4 nitrogen and oxygen atoms in total. The molecule has 21 heavy (non-hydrogen) atoms. The molecule has 1 atom stereocenters. The highest BCUT2D eigenvalue weighted by Gasteiger charge is 2.41. The van der Waals surface area contributed by atoms with Crippen LogP contribution in [0.3, 0.4) is 0 Å². The first-order valence-electron chi connectivity index (χ1n) is 8.94. The van der Waals surface area contributed by atoms with Gasteiger partial charge in [0.05, 0.1) is 6.04 Å². The Balaban J connectivity index is 1.57. The summed E-state index contributed by atoms with van der Waals surface area (Å²) < 4.78 is 0. The van der Waals surface area contributed by atoms with Gasteiger partial charge in [-0.2, -0.15) is 0 Å². The van der Waals surface area contributed by atoms with Gasteiger partial charge in [-0.15, -0.1) is 0 Å². The smallest absolute Gasteiger partial charge is 0.239 e. The first-order chi connectivity index (χ1) is 10.2. The molecule has 1 amide bonds. The summed E-state index contributed by atoms with van der Waals surface area (Å²) in [4.78, 5) is 17.4. The normalized spacial score (nSPS) is 28.5. The third-order valence-electron chi connectivity index (χ3n) is 5.95. The molecule has 0 saturated carbocycles. The van der Waals surface area contributed by atoms with E-state index in [2.05, 4.69) is 22.0 Å². The van der Waals surface area contributed by atoms with Crippen LogP contribution in [0.4, 0.5) is 0 Å². The van der Waals surface area contributed by atoms with Gasteiger partial charge in [-0.05, 0) is 64.1 Å².